The van der Waals surface area contributed by atoms with E-state index in [-0.39, 0.29) is 24.4 Å². The zero-order valence-corrected chi connectivity index (χ0v) is 11.6. The first-order chi connectivity index (χ1) is 8.51. The molecule has 0 rings (SSSR count). The normalized spacial score (nSPS) is 13.8. The minimum Gasteiger partial charge on any atom is -0.352 e. The molecule has 0 fully saturated rings. The van der Waals surface area contributed by atoms with Gasteiger partial charge in [0.15, 0.2) is 0 Å². The van der Waals surface area contributed by atoms with E-state index in [4.69, 9.17) is 0 Å². The van der Waals surface area contributed by atoms with Gasteiger partial charge in [0.05, 0.1) is 19.1 Å². The second kappa shape index (κ2) is 9.85. The van der Waals surface area contributed by atoms with Gasteiger partial charge in [-0.25, -0.2) is 4.79 Å². The number of nitrogens with one attached hydrogen (secondary N) is 2. The molecule has 18 heavy (non-hydrogen) atoms. The summed E-state index contributed by atoms with van der Waals surface area (Å²) in [5.41, 5.74) is 0. The lowest BCUT2D eigenvalue weighted by Crippen LogP contribution is -2.46. The summed E-state index contributed by atoms with van der Waals surface area (Å²) in [7, 11) is 0. The van der Waals surface area contributed by atoms with Crippen molar-refractivity contribution in [3.8, 4) is 0 Å². The molecule has 0 saturated heterocycles. The molecule has 106 valence electrons. The first-order valence-corrected chi connectivity index (χ1v) is 6.37. The molecule has 0 heterocycles. The summed E-state index contributed by atoms with van der Waals surface area (Å²) < 4.78 is 0. The Morgan fingerprint density at radius 2 is 1.89 bits per heavy atom. The van der Waals surface area contributed by atoms with Gasteiger partial charge in [0, 0.05) is 6.04 Å². The molecule has 0 spiro atoms. The Kier molecular flexibility index (Phi) is 9.22. The van der Waals surface area contributed by atoms with Crippen molar-refractivity contribution in [3.05, 3.63) is 0 Å². The van der Waals surface area contributed by atoms with Gasteiger partial charge < -0.3 is 10.6 Å². The minimum absolute atomic E-state index is 0.0895. The highest BCUT2D eigenvalue weighted by Crippen LogP contribution is 1.96. The summed E-state index contributed by atoms with van der Waals surface area (Å²) in [6.45, 7) is 8.39. The molecule has 6 nitrogen and oxygen atoms in total. The van der Waals surface area contributed by atoms with E-state index in [9.17, 15) is 9.59 Å². The van der Waals surface area contributed by atoms with Gasteiger partial charge in [-0.3, -0.25) is 9.68 Å². The minimum atomic E-state index is -0.487. The third-order valence-electron chi connectivity index (χ3n) is 2.23. The summed E-state index contributed by atoms with van der Waals surface area (Å²) in [6, 6.07) is -0.549. The lowest BCUT2D eigenvalue weighted by molar-refractivity contribution is -0.269. The van der Waals surface area contributed by atoms with Gasteiger partial charge in [-0.1, -0.05) is 6.92 Å². The largest absolute Gasteiger partial charge is 0.352 e. The Morgan fingerprint density at radius 3 is 2.44 bits per heavy atom. The van der Waals surface area contributed by atoms with Gasteiger partial charge in [0.2, 0.25) is 5.91 Å². The number of hydrogen-bond acceptors (Lipinski definition) is 5. The average molecular weight is 260 g/mol. The van der Waals surface area contributed by atoms with E-state index in [1.165, 1.54) is 0 Å². The molecule has 0 aromatic rings. The van der Waals surface area contributed by atoms with Crippen LogP contribution in [0, 0.1) is 0 Å². The molecule has 0 aromatic heterocycles. The van der Waals surface area contributed by atoms with Gasteiger partial charge in [-0.05, 0) is 33.7 Å². The van der Waals surface area contributed by atoms with Gasteiger partial charge in [0.25, 0.3) is 0 Å². The molecule has 2 atom stereocenters. The molecule has 0 bridgehead atoms. The van der Waals surface area contributed by atoms with Crippen LogP contribution in [-0.2, 0) is 19.4 Å². The Labute approximate surface area is 108 Å². The van der Waals surface area contributed by atoms with Crippen molar-refractivity contribution in [1.29, 1.82) is 0 Å². The quantitative estimate of drug-likeness (QED) is 0.473. The zero-order valence-electron chi connectivity index (χ0n) is 11.6. The van der Waals surface area contributed by atoms with E-state index in [1.807, 2.05) is 6.92 Å². The van der Waals surface area contributed by atoms with Crippen LogP contribution in [0.25, 0.3) is 0 Å². The summed E-state index contributed by atoms with van der Waals surface area (Å²) in [5, 5.41) is 5.81. The van der Waals surface area contributed by atoms with Gasteiger partial charge >= 0.3 is 5.97 Å². The van der Waals surface area contributed by atoms with Crippen molar-refractivity contribution in [2.75, 3.05) is 13.2 Å². The lowest BCUT2D eigenvalue weighted by Gasteiger charge is -2.17. The number of amides is 1. The van der Waals surface area contributed by atoms with Crippen LogP contribution in [0.2, 0.25) is 0 Å². The van der Waals surface area contributed by atoms with E-state index in [0.717, 1.165) is 13.0 Å². The second-order valence-corrected chi connectivity index (χ2v) is 4.15. The van der Waals surface area contributed by atoms with Crippen LogP contribution in [0.15, 0.2) is 0 Å². The molecule has 0 radical (unpaired) electrons. The Bertz CT molecular complexity index is 258. The van der Waals surface area contributed by atoms with Crippen LogP contribution in [0.3, 0.4) is 0 Å². The molecule has 0 aliphatic carbocycles. The zero-order chi connectivity index (χ0) is 14.0. The fraction of sp³-hybridized carbons (Fsp3) is 0.833. The number of rotatable bonds is 9. The highest BCUT2D eigenvalue weighted by molar-refractivity contribution is 5.82. The summed E-state index contributed by atoms with van der Waals surface area (Å²) in [4.78, 5) is 31.9. The second-order valence-electron chi connectivity index (χ2n) is 4.15. The van der Waals surface area contributed by atoms with Gasteiger partial charge in [-0.15, -0.1) is 0 Å². The van der Waals surface area contributed by atoms with Crippen LogP contribution in [0.4, 0.5) is 0 Å². The first-order valence-electron chi connectivity index (χ1n) is 6.37. The lowest BCUT2D eigenvalue weighted by atomic mass is 10.2. The van der Waals surface area contributed by atoms with E-state index < -0.39 is 5.97 Å². The van der Waals surface area contributed by atoms with Crippen LogP contribution in [-0.4, -0.2) is 37.1 Å². The van der Waals surface area contributed by atoms with Crippen LogP contribution in [0.5, 0.6) is 0 Å². The maximum absolute atomic E-state index is 11.7. The molecular formula is C12H24N2O4. The van der Waals surface area contributed by atoms with Crippen LogP contribution < -0.4 is 10.6 Å². The van der Waals surface area contributed by atoms with Crippen molar-refractivity contribution in [1.82, 2.24) is 10.6 Å². The molecule has 0 aliphatic rings. The SMILES string of the molecule is CCCN[C@@H](C)C(=O)N[C@H](C)CC(=O)OOCC. The smallest absolute Gasteiger partial charge is 0.344 e. The van der Waals surface area contributed by atoms with Crippen molar-refractivity contribution >= 4 is 11.9 Å². The number of hydrogen-bond donors (Lipinski definition) is 2. The third kappa shape index (κ3) is 8.03. The van der Waals surface area contributed by atoms with Crippen molar-refractivity contribution in [3.63, 3.8) is 0 Å². The third-order valence-corrected chi connectivity index (χ3v) is 2.23. The van der Waals surface area contributed by atoms with Crippen LogP contribution in [0.1, 0.15) is 40.5 Å². The molecule has 0 unspecified atom stereocenters. The number of carbonyl (C=O) groups excluding carboxylic acids is 2. The fourth-order valence-electron chi connectivity index (χ4n) is 1.28. The van der Waals surface area contributed by atoms with Crippen molar-refractivity contribution in [2.45, 2.75) is 52.6 Å². The molecule has 0 saturated carbocycles. The maximum atomic E-state index is 11.7. The maximum Gasteiger partial charge on any atom is 0.344 e. The molecule has 0 aliphatic heterocycles. The van der Waals surface area contributed by atoms with E-state index in [2.05, 4.69) is 20.4 Å². The molecule has 1 amide bonds. The molecule has 2 N–H and O–H groups in total. The molecular weight excluding hydrogens is 236 g/mol. The monoisotopic (exact) mass is 260 g/mol. The highest BCUT2D eigenvalue weighted by atomic mass is 17.2. The Morgan fingerprint density at radius 1 is 1.22 bits per heavy atom. The first kappa shape index (κ1) is 16.9. The molecule has 0 aromatic carbocycles. The van der Waals surface area contributed by atoms with Gasteiger partial charge in [0.1, 0.15) is 0 Å². The van der Waals surface area contributed by atoms with Crippen LogP contribution >= 0.6 is 0 Å². The summed E-state index contributed by atoms with van der Waals surface area (Å²) >= 11 is 0. The molecule has 6 heteroatoms. The Hall–Kier alpha value is -1.14. The summed E-state index contributed by atoms with van der Waals surface area (Å²) in [6.07, 6.45) is 1.06. The highest BCUT2D eigenvalue weighted by Gasteiger charge is 2.17. The number of carbonyl (C=O) groups is 2. The van der Waals surface area contributed by atoms with E-state index in [1.54, 1.807) is 20.8 Å². The van der Waals surface area contributed by atoms with E-state index >= 15 is 0 Å². The Balaban J connectivity index is 3.88. The summed E-state index contributed by atoms with van der Waals surface area (Å²) in [5.74, 6) is -0.612. The van der Waals surface area contributed by atoms with Crippen molar-refractivity contribution in [2.24, 2.45) is 0 Å². The van der Waals surface area contributed by atoms with Gasteiger partial charge in [-0.2, -0.15) is 4.89 Å². The van der Waals surface area contributed by atoms with Crippen molar-refractivity contribution < 1.29 is 19.4 Å². The topological polar surface area (TPSA) is 76.7 Å². The predicted molar refractivity (Wildman–Crippen MR) is 67.7 cm³/mol. The van der Waals surface area contributed by atoms with E-state index in [0.29, 0.717) is 6.61 Å². The average Bonchev–Trinajstić information content (AvgIpc) is 2.32. The standard InChI is InChI=1S/C12H24N2O4/c1-5-7-13-10(4)12(16)14-9(3)8-11(15)18-17-6-2/h9-10,13H,5-8H2,1-4H3,(H,14,16)/t9-,10+/m1/s1. The predicted octanol–water partition coefficient (Wildman–Crippen LogP) is 0.764. The fourth-order valence-corrected chi connectivity index (χ4v) is 1.28.